The number of esters is 4. The molecular formula is C56H53N3O13. The van der Waals surface area contributed by atoms with E-state index in [2.05, 4.69) is 15.3 Å². The van der Waals surface area contributed by atoms with Crippen LogP contribution in [0.4, 0.5) is 5.69 Å². The molecule has 16 heteroatoms. The minimum Gasteiger partial charge on any atom is -0.481 e. The van der Waals surface area contributed by atoms with Gasteiger partial charge in [-0.05, 0) is 102 Å². The fraction of sp³-hybridized carbons (Fsp3) is 0.250. The predicted molar refractivity (Wildman–Crippen MR) is 265 cm³/mol. The average Bonchev–Trinajstić information content (AvgIpc) is 3.81. The molecule has 1 aromatic heterocycles. The number of anilines is 1. The molecule has 7 aromatic rings. The molecule has 72 heavy (non-hydrogen) atoms. The van der Waals surface area contributed by atoms with E-state index in [9.17, 15) is 24.0 Å². The second-order valence-electron chi connectivity index (χ2n) is 16.5. The van der Waals surface area contributed by atoms with Crippen molar-refractivity contribution in [3.8, 4) is 28.7 Å². The number of fused-ring (bicyclic) bond motifs is 9. The summed E-state index contributed by atoms with van der Waals surface area (Å²) in [5.74, 6) is -0.655. The summed E-state index contributed by atoms with van der Waals surface area (Å²) in [5, 5.41) is 2.80. The van der Waals surface area contributed by atoms with Gasteiger partial charge in [-0.1, -0.05) is 84.9 Å². The Morgan fingerprint density at radius 1 is 0.458 bits per heavy atom. The number of hydrogen-bond acceptors (Lipinski definition) is 14. The quantitative estimate of drug-likeness (QED) is 0.0473. The van der Waals surface area contributed by atoms with Gasteiger partial charge in [-0.3, -0.25) is 4.79 Å². The number of nitrogens with zero attached hydrogens (tertiary/aromatic N) is 1. The smallest absolute Gasteiger partial charge is 0.349 e. The van der Waals surface area contributed by atoms with Crippen molar-refractivity contribution in [3.05, 3.63) is 172 Å². The van der Waals surface area contributed by atoms with Gasteiger partial charge in [0.25, 0.3) is 5.91 Å². The largest absolute Gasteiger partial charge is 0.481 e. The first-order valence-electron chi connectivity index (χ1n) is 23.6. The number of hydrogen-bond donors (Lipinski definition) is 2. The third-order valence-electron chi connectivity index (χ3n) is 11.4. The van der Waals surface area contributed by atoms with E-state index in [0.717, 1.165) is 16.6 Å². The standard InChI is InChI=1S/C56H53N3O13/c1-4-65-47(60)31-68-51-35-13-9-14-36(51)28-38-16-11-18-40(53(38)70-33-49(62)67-6-3)30-42-20-12-19-41(29-39-17-10-15-37(27-35)52(39)69-32-48(61)66-5-2)54(42)71-34-50(63)72-44-25-23-43(24-26-44)57-56(64)55-58-45-21-7-8-22-46(45)59-55/h7-26H,4-6,27-34H2,1-3H3,(H,57,64)(H,58,59). The summed E-state index contributed by atoms with van der Waals surface area (Å²) in [6.07, 6.45) is 0.968. The zero-order valence-electron chi connectivity index (χ0n) is 40.1. The van der Waals surface area contributed by atoms with Crippen LogP contribution in [-0.2, 0) is 59.1 Å². The molecule has 1 aliphatic rings. The van der Waals surface area contributed by atoms with Gasteiger partial charge in [0.15, 0.2) is 32.3 Å². The summed E-state index contributed by atoms with van der Waals surface area (Å²) in [5.41, 5.74) is 7.49. The lowest BCUT2D eigenvalue weighted by Gasteiger charge is -2.22. The molecule has 8 bridgehead atoms. The van der Waals surface area contributed by atoms with E-state index in [1.54, 1.807) is 51.1 Å². The summed E-state index contributed by atoms with van der Waals surface area (Å²) in [6, 6.07) is 36.3. The Morgan fingerprint density at radius 2 is 0.819 bits per heavy atom. The fourth-order valence-electron chi connectivity index (χ4n) is 8.38. The highest BCUT2D eigenvalue weighted by molar-refractivity contribution is 6.03. The molecule has 2 N–H and O–H groups in total. The monoisotopic (exact) mass is 975 g/mol. The lowest BCUT2D eigenvalue weighted by molar-refractivity contribution is -0.146. The molecule has 8 rings (SSSR count). The molecule has 1 amide bonds. The van der Waals surface area contributed by atoms with Gasteiger partial charge in [0, 0.05) is 31.4 Å². The van der Waals surface area contributed by atoms with Crippen molar-refractivity contribution in [3.63, 3.8) is 0 Å². The van der Waals surface area contributed by atoms with Crippen molar-refractivity contribution >= 4 is 46.5 Å². The summed E-state index contributed by atoms with van der Waals surface area (Å²) >= 11 is 0. The molecule has 0 spiro atoms. The Kier molecular flexibility index (Phi) is 16.4. The van der Waals surface area contributed by atoms with Crippen LogP contribution in [0.3, 0.4) is 0 Å². The average molecular weight is 976 g/mol. The van der Waals surface area contributed by atoms with Gasteiger partial charge in [-0.25, -0.2) is 24.2 Å². The molecule has 0 aliphatic heterocycles. The normalized spacial score (nSPS) is 11.7. The molecule has 6 aromatic carbocycles. The lowest BCUT2D eigenvalue weighted by Crippen LogP contribution is -2.19. The Labute approximate surface area is 415 Å². The lowest BCUT2D eigenvalue weighted by atomic mass is 9.91. The second kappa shape index (κ2) is 23.8. The number of rotatable bonds is 18. The maximum Gasteiger partial charge on any atom is 0.349 e. The van der Waals surface area contributed by atoms with Crippen LogP contribution in [0, 0.1) is 0 Å². The summed E-state index contributed by atoms with van der Waals surface area (Å²) in [4.78, 5) is 72.2. The van der Waals surface area contributed by atoms with Crippen molar-refractivity contribution in [1.82, 2.24) is 9.97 Å². The van der Waals surface area contributed by atoms with E-state index < -0.39 is 36.4 Å². The van der Waals surface area contributed by atoms with Crippen LogP contribution in [0.15, 0.2) is 121 Å². The Morgan fingerprint density at radius 3 is 1.18 bits per heavy atom. The third-order valence-corrected chi connectivity index (χ3v) is 11.4. The SMILES string of the molecule is CCOC(=O)COc1c2cccc1Cc1cccc(c1OCC(=O)OCC)Cc1cccc(c1OCC(=O)Oc1ccc(NC(=O)c3nc4ccccc4[nH]3)cc1)Cc1cccc(c1OCC(=O)OCC)C2. The molecule has 1 aliphatic carbocycles. The molecular weight excluding hydrogens is 923 g/mol. The van der Waals surface area contributed by atoms with Gasteiger partial charge in [0.05, 0.1) is 30.9 Å². The number of benzene rings is 6. The summed E-state index contributed by atoms with van der Waals surface area (Å²) in [6.45, 7) is 4.12. The van der Waals surface area contributed by atoms with Gasteiger partial charge in [-0.15, -0.1) is 0 Å². The first-order valence-corrected chi connectivity index (χ1v) is 23.6. The van der Waals surface area contributed by atoms with Crippen molar-refractivity contribution in [1.29, 1.82) is 0 Å². The number of para-hydroxylation sites is 6. The number of ether oxygens (including phenoxy) is 8. The van der Waals surface area contributed by atoms with Crippen LogP contribution in [0.2, 0.25) is 0 Å². The molecule has 0 saturated carbocycles. The Bertz CT molecular complexity index is 2940. The Balaban J connectivity index is 1.13. The van der Waals surface area contributed by atoms with E-state index in [0.29, 0.717) is 67.6 Å². The summed E-state index contributed by atoms with van der Waals surface area (Å²) < 4.78 is 46.9. The fourth-order valence-corrected chi connectivity index (χ4v) is 8.38. The van der Waals surface area contributed by atoms with Gasteiger partial charge in [0.2, 0.25) is 0 Å². The van der Waals surface area contributed by atoms with Gasteiger partial charge < -0.3 is 48.2 Å². The minimum absolute atomic E-state index is 0.155. The first kappa shape index (κ1) is 49.8. The van der Waals surface area contributed by atoms with E-state index in [1.165, 1.54) is 0 Å². The van der Waals surface area contributed by atoms with Gasteiger partial charge in [0.1, 0.15) is 28.7 Å². The Hall–Kier alpha value is -8.66. The van der Waals surface area contributed by atoms with Crippen molar-refractivity contribution in [2.45, 2.75) is 46.5 Å². The molecule has 16 nitrogen and oxygen atoms in total. The topological polar surface area (TPSA) is 200 Å². The molecule has 0 saturated heterocycles. The number of carbonyl (C=O) groups excluding carboxylic acids is 5. The third kappa shape index (κ3) is 12.6. The first-order chi connectivity index (χ1) is 35.1. The number of carbonyl (C=O) groups is 5. The second-order valence-corrected chi connectivity index (χ2v) is 16.5. The maximum atomic E-state index is 13.6. The van der Waals surface area contributed by atoms with E-state index in [1.807, 2.05) is 91.0 Å². The van der Waals surface area contributed by atoms with Crippen LogP contribution >= 0.6 is 0 Å². The zero-order valence-corrected chi connectivity index (χ0v) is 40.1. The van der Waals surface area contributed by atoms with E-state index >= 15 is 0 Å². The number of aromatic amines is 1. The van der Waals surface area contributed by atoms with E-state index in [-0.39, 0.29) is 76.9 Å². The molecule has 0 unspecified atom stereocenters. The van der Waals surface area contributed by atoms with Gasteiger partial charge >= 0.3 is 23.9 Å². The van der Waals surface area contributed by atoms with Crippen molar-refractivity contribution in [2.24, 2.45) is 0 Å². The van der Waals surface area contributed by atoms with Gasteiger partial charge in [-0.2, -0.15) is 0 Å². The number of aromatic nitrogens is 2. The highest BCUT2D eigenvalue weighted by atomic mass is 16.6. The van der Waals surface area contributed by atoms with Crippen molar-refractivity contribution in [2.75, 3.05) is 51.6 Å². The van der Waals surface area contributed by atoms with Crippen LogP contribution in [0.25, 0.3) is 11.0 Å². The summed E-state index contributed by atoms with van der Waals surface area (Å²) in [7, 11) is 0. The van der Waals surface area contributed by atoms with E-state index in [4.69, 9.17) is 37.9 Å². The van der Waals surface area contributed by atoms with Crippen LogP contribution < -0.4 is 29.0 Å². The number of nitrogens with one attached hydrogen (secondary N) is 2. The molecule has 0 fully saturated rings. The van der Waals surface area contributed by atoms with Crippen LogP contribution in [0.5, 0.6) is 28.7 Å². The number of H-pyrrole nitrogens is 1. The van der Waals surface area contributed by atoms with Crippen molar-refractivity contribution < 1.29 is 61.9 Å². The molecule has 1 heterocycles. The highest BCUT2D eigenvalue weighted by Gasteiger charge is 2.24. The number of imidazole rings is 1. The highest BCUT2D eigenvalue weighted by Crippen LogP contribution is 2.39. The van der Waals surface area contributed by atoms with Crippen LogP contribution in [0.1, 0.15) is 75.9 Å². The molecule has 0 atom stereocenters. The maximum absolute atomic E-state index is 13.6. The number of amides is 1. The predicted octanol–water partition coefficient (Wildman–Crippen LogP) is 8.30. The zero-order chi connectivity index (χ0) is 50.4. The minimum atomic E-state index is -0.694. The van der Waals surface area contributed by atoms with Crippen LogP contribution in [-0.4, -0.2) is 86.0 Å². The molecule has 370 valence electrons. The molecule has 0 radical (unpaired) electrons.